The molecule has 4 fully saturated rings. The average molecular weight is 615 g/mol. The fraction of sp³-hybridized carbons (Fsp3) is 0.897. The molecule has 4 aliphatic heterocycles. The summed E-state index contributed by atoms with van der Waals surface area (Å²) in [5.74, 6) is -1.99. The number of morpholine rings is 1. The summed E-state index contributed by atoms with van der Waals surface area (Å²) in [4.78, 5) is 42.4. The molecule has 0 radical (unpaired) electrons. The van der Waals surface area contributed by atoms with E-state index in [1.807, 2.05) is 20.8 Å². The van der Waals surface area contributed by atoms with Crippen molar-refractivity contribution in [1.82, 2.24) is 15.1 Å². The van der Waals surface area contributed by atoms with E-state index in [4.69, 9.17) is 34.2 Å². The third-order valence-corrected chi connectivity index (χ3v) is 8.69. The summed E-state index contributed by atoms with van der Waals surface area (Å²) >= 11 is 0. The van der Waals surface area contributed by atoms with Crippen molar-refractivity contribution >= 4 is 18.0 Å². The number of hydrogen-bond donors (Lipinski definition) is 3. The summed E-state index contributed by atoms with van der Waals surface area (Å²) in [6, 6.07) is -0.876. The van der Waals surface area contributed by atoms with Crippen molar-refractivity contribution in [3.63, 3.8) is 0 Å². The van der Waals surface area contributed by atoms with Crippen LogP contribution in [-0.2, 0) is 38.0 Å². The van der Waals surface area contributed by atoms with Crippen LogP contribution >= 0.6 is 0 Å². The van der Waals surface area contributed by atoms with Gasteiger partial charge in [-0.25, -0.2) is 9.59 Å². The molecule has 4 N–H and O–H groups in total. The lowest BCUT2D eigenvalue weighted by Crippen LogP contribution is -2.68. The number of hydrogen-bond acceptors (Lipinski definition) is 12. The Balaban J connectivity index is 1.58. The molecule has 4 saturated heterocycles. The van der Waals surface area contributed by atoms with E-state index in [0.29, 0.717) is 45.8 Å². The highest BCUT2D eigenvalue weighted by molar-refractivity contribution is 5.80. The first-order valence-corrected chi connectivity index (χ1v) is 15.1. The number of aliphatic hydroxyl groups is 1. The molecule has 14 heteroatoms. The zero-order valence-corrected chi connectivity index (χ0v) is 26.6. The SMILES string of the molecule is COC(=O)[C@@]1(CCN2CCOC[C@@]23CCN(C(=O)OC(C)(C)C)C3)C[C@H](O)[C@@H](NC(C)=O)[C@H]([C@@H]2OC(C)(C)OC2CN)O1. The lowest BCUT2D eigenvalue weighted by molar-refractivity contribution is -0.234. The number of amides is 2. The number of methoxy groups -OCH3 is 1. The van der Waals surface area contributed by atoms with E-state index in [9.17, 15) is 19.5 Å². The predicted molar refractivity (Wildman–Crippen MR) is 153 cm³/mol. The number of nitrogens with zero attached hydrogens (tertiary/aromatic N) is 2. The van der Waals surface area contributed by atoms with Crippen molar-refractivity contribution in [2.45, 2.75) is 114 Å². The van der Waals surface area contributed by atoms with Gasteiger partial charge in [-0.1, -0.05) is 0 Å². The zero-order valence-electron chi connectivity index (χ0n) is 26.6. The third-order valence-electron chi connectivity index (χ3n) is 8.69. The summed E-state index contributed by atoms with van der Waals surface area (Å²) in [6.45, 7) is 13.3. The number of rotatable bonds is 7. The monoisotopic (exact) mass is 614 g/mol. The molecule has 0 bridgehead atoms. The van der Waals surface area contributed by atoms with Gasteiger partial charge in [0, 0.05) is 52.5 Å². The van der Waals surface area contributed by atoms with Crippen LogP contribution in [0, 0.1) is 0 Å². The molecular formula is C29H50N4O10. The van der Waals surface area contributed by atoms with Crippen LogP contribution in [0.2, 0.25) is 0 Å². The van der Waals surface area contributed by atoms with Gasteiger partial charge in [-0.05, 0) is 41.0 Å². The Bertz CT molecular complexity index is 1040. The van der Waals surface area contributed by atoms with Crippen molar-refractivity contribution in [2.75, 3.05) is 53.0 Å². The van der Waals surface area contributed by atoms with E-state index in [1.54, 1.807) is 18.7 Å². The number of esters is 1. The molecule has 246 valence electrons. The molecule has 4 rings (SSSR count). The van der Waals surface area contributed by atoms with Crippen LogP contribution in [0.5, 0.6) is 0 Å². The topological polar surface area (TPSA) is 171 Å². The molecule has 0 aliphatic carbocycles. The molecule has 43 heavy (non-hydrogen) atoms. The summed E-state index contributed by atoms with van der Waals surface area (Å²) in [7, 11) is 1.28. The number of ether oxygens (including phenoxy) is 6. The molecule has 1 unspecified atom stereocenters. The largest absolute Gasteiger partial charge is 0.467 e. The predicted octanol–water partition coefficient (Wildman–Crippen LogP) is 0.133. The minimum atomic E-state index is -1.55. The maximum atomic E-state index is 13.5. The standard InChI is InChI=1S/C29H50N4O10/c1-18(34)31-21-19(35)14-29(24(36)38-7,42-23(21)22-20(15-30)40-27(5,6)41-22)9-11-33-12-13-39-17-28(33)8-10-32(16-28)25(37)43-26(2,3)4/h19-23,35H,8-17,30H2,1-7H3,(H,31,34)/t19-,20?,21+,22+,23+,28-,29+/m0/s1. The fourth-order valence-electron chi connectivity index (χ4n) is 6.80. The van der Waals surface area contributed by atoms with E-state index in [0.717, 1.165) is 0 Å². The van der Waals surface area contributed by atoms with Gasteiger partial charge < -0.3 is 49.5 Å². The number of aliphatic hydroxyl groups excluding tert-OH is 1. The maximum absolute atomic E-state index is 13.5. The van der Waals surface area contributed by atoms with Crippen molar-refractivity contribution in [2.24, 2.45) is 5.73 Å². The second kappa shape index (κ2) is 12.7. The fourth-order valence-corrected chi connectivity index (χ4v) is 6.80. The van der Waals surface area contributed by atoms with Gasteiger partial charge in [-0.3, -0.25) is 9.69 Å². The number of carbonyl (C=O) groups excluding carboxylic acids is 3. The summed E-state index contributed by atoms with van der Waals surface area (Å²) in [6.07, 6.45) is -3.11. The second-order valence-electron chi connectivity index (χ2n) is 13.6. The third kappa shape index (κ3) is 7.43. The molecule has 4 aliphatic rings. The van der Waals surface area contributed by atoms with E-state index in [-0.39, 0.29) is 31.4 Å². The molecule has 4 heterocycles. The van der Waals surface area contributed by atoms with E-state index < -0.39 is 59.0 Å². The van der Waals surface area contributed by atoms with Gasteiger partial charge in [0.1, 0.15) is 23.9 Å². The first-order chi connectivity index (χ1) is 20.0. The van der Waals surface area contributed by atoms with Crippen LogP contribution in [0.1, 0.15) is 60.8 Å². The Hall–Kier alpha value is -2.07. The van der Waals surface area contributed by atoms with Crippen LogP contribution in [0.25, 0.3) is 0 Å². The Kier molecular flexibility index (Phi) is 10.0. The highest BCUT2D eigenvalue weighted by Crippen LogP contribution is 2.41. The average Bonchev–Trinajstić information content (AvgIpc) is 3.48. The first kappa shape index (κ1) is 33.8. The molecule has 1 spiro atoms. The van der Waals surface area contributed by atoms with E-state index in [2.05, 4.69) is 10.2 Å². The van der Waals surface area contributed by atoms with Gasteiger partial charge in [0.05, 0.1) is 38.0 Å². The van der Waals surface area contributed by atoms with Crippen molar-refractivity contribution in [3.8, 4) is 0 Å². The van der Waals surface area contributed by atoms with Crippen LogP contribution in [0.4, 0.5) is 4.79 Å². The van der Waals surface area contributed by atoms with Gasteiger partial charge in [-0.15, -0.1) is 0 Å². The minimum absolute atomic E-state index is 0.104. The number of nitrogens with two attached hydrogens (primary N) is 1. The van der Waals surface area contributed by atoms with Crippen LogP contribution in [0.3, 0.4) is 0 Å². The number of likely N-dealkylation sites (tertiary alicyclic amines) is 1. The number of nitrogens with one attached hydrogen (secondary N) is 1. The molecule has 0 saturated carbocycles. The van der Waals surface area contributed by atoms with E-state index in [1.165, 1.54) is 14.0 Å². The molecule has 0 aromatic heterocycles. The van der Waals surface area contributed by atoms with Gasteiger partial charge in [0.15, 0.2) is 11.4 Å². The Morgan fingerprint density at radius 3 is 2.47 bits per heavy atom. The van der Waals surface area contributed by atoms with Crippen molar-refractivity contribution in [3.05, 3.63) is 0 Å². The normalized spacial score (nSPS) is 36.5. The van der Waals surface area contributed by atoms with Crippen LogP contribution in [0.15, 0.2) is 0 Å². The molecule has 7 atom stereocenters. The Morgan fingerprint density at radius 1 is 1.12 bits per heavy atom. The lowest BCUT2D eigenvalue weighted by atomic mass is 9.81. The Morgan fingerprint density at radius 2 is 1.84 bits per heavy atom. The summed E-state index contributed by atoms with van der Waals surface area (Å²) in [5.41, 5.74) is 3.39. The Labute approximate surface area is 253 Å². The highest BCUT2D eigenvalue weighted by Gasteiger charge is 2.58. The second-order valence-corrected chi connectivity index (χ2v) is 13.6. The van der Waals surface area contributed by atoms with Gasteiger partial charge in [-0.2, -0.15) is 0 Å². The van der Waals surface area contributed by atoms with Crippen LogP contribution < -0.4 is 11.1 Å². The summed E-state index contributed by atoms with van der Waals surface area (Å²) in [5, 5.41) is 14.2. The van der Waals surface area contributed by atoms with Crippen molar-refractivity contribution < 1.29 is 47.9 Å². The smallest absolute Gasteiger partial charge is 0.410 e. The zero-order chi connectivity index (χ0) is 31.8. The molecule has 14 nitrogen and oxygen atoms in total. The quantitative estimate of drug-likeness (QED) is 0.332. The van der Waals surface area contributed by atoms with Crippen molar-refractivity contribution in [1.29, 1.82) is 0 Å². The molecule has 2 amide bonds. The molecule has 0 aromatic rings. The highest BCUT2D eigenvalue weighted by atomic mass is 16.8. The van der Waals surface area contributed by atoms with Gasteiger partial charge in [0.2, 0.25) is 5.91 Å². The van der Waals surface area contributed by atoms with E-state index >= 15 is 0 Å². The van der Waals surface area contributed by atoms with Gasteiger partial charge in [0.25, 0.3) is 0 Å². The van der Waals surface area contributed by atoms with Crippen LogP contribution in [-0.4, -0.2) is 139 Å². The van der Waals surface area contributed by atoms with Gasteiger partial charge >= 0.3 is 12.1 Å². The minimum Gasteiger partial charge on any atom is -0.467 e. The number of carbonyl (C=O) groups is 3. The summed E-state index contributed by atoms with van der Waals surface area (Å²) < 4.78 is 35.5. The maximum Gasteiger partial charge on any atom is 0.410 e. The lowest BCUT2D eigenvalue weighted by Gasteiger charge is -2.49. The molecule has 0 aromatic carbocycles. The molecular weight excluding hydrogens is 564 g/mol. The first-order valence-electron chi connectivity index (χ1n) is 15.1.